The average molecular weight is 341 g/mol. The number of nitrogens with one attached hydrogen (secondary N) is 1. The lowest BCUT2D eigenvalue weighted by Crippen LogP contribution is -2.27. The normalized spacial score (nSPS) is 11.8. The number of ether oxygens (including phenoxy) is 1. The van der Waals surface area contributed by atoms with Gasteiger partial charge in [-0.3, -0.25) is 4.79 Å². The van der Waals surface area contributed by atoms with Crippen molar-refractivity contribution in [3.05, 3.63) is 65.8 Å². The molecule has 0 fully saturated rings. The molecule has 7 heteroatoms. The van der Waals surface area contributed by atoms with Crippen LogP contribution in [0.25, 0.3) is 11.4 Å². The van der Waals surface area contributed by atoms with Crippen molar-refractivity contribution in [3.8, 4) is 17.1 Å². The first kappa shape index (κ1) is 16.6. The molecule has 0 aliphatic rings. The summed E-state index contributed by atoms with van der Waals surface area (Å²) in [6.45, 7) is 1.68. The fourth-order valence-corrected chi connectivity index (χ4v) is 2.33. The summed E-state index contributed by atoms with van der Waals surface area (Å²) in [5.41, 5.74) is 0.631. The lowest BCUT2D eigenvalue weighted by molar-refractivity contribution is 0.0928. The van der Waals surface area contributed by atoms with Crippen LogP contribution in [0.2, 0.25) is 0 Å². The number of para-hydroxylation sites is 1. The fraction of sp³-hybridized carbons (Fsp3) is 0.167. The van der Waals surface area contributed by atoms with Gasteiger partial charge in [0.1, 0.15) is 17.6 Å². The van der Waals surface area contributed by atoms with Crippen molar-refractivity contribution in [1.29, 1.82) is 0 Å². The van der Waals surface area contributed by atoms with Crippen LogP contribution in [-0.4, -0.2) is 23.2 Å². The molecule has 0 bridgehead atoms. The SMILES string of the molecule is COc1ccccc1-c1noc([C@@H](C)NC(=O)c2ccccc2F)n1. The van der Waals surface area contributed by atoms with E-state index in [9.17, 15) is 9.18 Å². The highest BCUT2D eigenvalue weighted by molar-refractivity contribution is 5.94. The molecule has 1 amide bonds. The molecule has 0 spiro atoms. The number of nitrogens with zero attached hydrogens (tertiary/aromatic N) is 2. The van der Waals surface area contributed by atoms with Gasteiger partial charge >= 0.3 is 0 Å². The molecule has 1 N–H and O–H groups in total. The molecule has 2 aromatic carbocycles. The van der Waals surface area contributed by atoms with E-state index in [-0.39, 0.29) is 11.5 Å². The quantitative estimate of drug-likeness (QED) is 0.770. The van der Waals surface area contributed by atoms with Crippen molar-refractivity contribution in [2.45, 2.75) is 13.0 Å². The molecule has 0 aliphatic heterocycles. The van der Waals surface area contributed by atoms with Gasteiger partial charge in [0.15, 0.2) is 0 Å². The maximum atomic E-state index is 13.7. The molecule has 0 aliphatic carbocycles. The zero-order valence-corrected chi connectivity index (χ0v) is 13.7. The summed E-state index contributed by atoms with van der Waals surface area (Å²) in [5.74, 6) is 0.0259. The van der Waals surface area contributed by atoms with Crippen molar-refractivity contribution < 1.29 is 18.4 Å². The third-order valence-corrected chi connectivity index (χ3v) is 3.63. The molecular weight excluding hydrogens is 325 g/mol. The zero-order chi connectivity index (χ0) is 17.8. The highest BCUT2D eigenvalue weighted by atomic mass is 19.1. The van der Waals surface area contributed by atoms with Crippen LogP contribution in [0.3, 0.4) is 0 Å². The Kier molecular flexibility index (Phi) is 4.74. The molecule has 0 unspecified atom stereocenters. The van der Waals surface area contributed by atoms with Gasteiger partial charge < -0.3 is 14.6 Å². The summed E-state index contributed by atoms with van der Waals surface area (Å²) >= 11 is 0. The lowest BCUT2D eigenvalue weighted by Gasteiger charge is -2.10. The predicted molar refractivity (Wildman–Crippen MR) is 88.6 cm³/mol. The van der Waals surface area contributed by atoms with E-state index in [1.54, 1.807) is 32.2 Å². The molecule has 6 nitrogen and oxygen atoms in total. The second kappa shape index (κ2) is 7.12. The Morgan fingerprint density at radius 2 is 1.92 bits per heavy atom. The number of hydrogen-bond donors (Lipinski definition) is 1. The molecule has 3 aromatic rings. The standard InChI is InChI=1S/C18H16FN3O3/c1-11(20-17(23)12-7-3-5-9-14(12)19)18-21-16(22-25-18)13-8-4-6-10-15(13)24-2/h3-11H,1-2H3,(H,20,23)/t11-/m1/s1. The monoisotopic (exact) mass is 341 g/mol. The maximum Gasteiger partial charge on any atom is 0.254 e. The van der Waals surface area contributed by atoms with Crippen LogP contribution in [0.5, 0.6) is 5.75 Å². The summed E-state index contributed by atoms with van der Waals surface area (Å²) in [6.07, 6.45) is 0. The molecule has 0 saturated heterocycles. The van der Waals surface area contributed by atoms with Gasteiger partial charge in [-0.2, -0.15) is 4.98 Å². The van der Waals surface area contributed by atoms with Crippen molar-refractivity contribution in [2.24, 2.45) is 0 Å². The summed E-state index contributed by atoms with van der Waals surface area (Å²) in [6, 6.07) is 12.4. The second-order valence-corrected chi connectivity index (χ2v) is 5.33. The van der Waals surface area contributed by atoms with Gasteiger partial charge in [-0.25, -0.2) is 4.39 Å². The smallest absolute Gasteiger partial charge is 0.254 e. The minimum atomic E-state index is -0.590. The fourth-order valence-electron chi connectivity index (χ4n) is 2.33. The van der Waals surface area contributed by atoms with Gasteiger partial charge in [0.2, 0.25) is 11.7 Å². The lowest BCUT2D eigenvalue weighted by atomic mass is 10.2. The van der Waals surface area contributed by atoms with Crippen molar-refractivity contribution in [2.75, 3.05) is 7.11 Å². The van der Waals surface area contributed by atoms with E-state index in [1.807, 2.05) is 12.1 Å². The number of benzene rings is 2. The first-order valence-electron chi connectivity index (χ1n) is 7.62. The highest BCUT2D eigenvalue weighted by Crippen LogP contribution is 2.28. The van der Waals surface area contributed by atoms with E-state index in [1.165, 1.54) is 18.2 Å². The zero-order valence-electron chi connectivity index (χ0n) is 13.7. The van der Waals surface area contributed by atoms with Crippen molar-refractivity contribution in [1.82, 2.24) is 15.5 Å². The highest BCUT2D eigenvalue weighted by Gasteiger charge is 2.20. The molecular formula is C18H16FN3O3. The largest absolute Gasteiger partial charge is 0.496 e. The van der Waals surface area contributed by atoms with Gasteiger partial charge in [0.05, 0.1) is 18.2 Å². The summed E-state index contributed by atoms with van der Waals surface area (Å²) in [4.78, 5) is 16.5. The molecule has 0 radical (unpaired) electrons. The number of amides is 1. The first-order valence-corrected chi connectivity index (χ1v) is 7.62. The molecule has 1 atom stereocenters. The van der Waals surface area contributed by atoms with Gasteiger partial charge in [-0.1, -0.05) is 29.4 Å². The third-order valence-electron chi connectivity index (χ3n) is 3.63. The van der Waals surface area contributed by atoms with Crippen molar-refractivity contribution in [3.63, 3.8) is 0 Å². The molecule has 25 heavy (non-hydrogen) atoms. The van der Waals surface area contributed by atoms with E-state index in [0.29, 0.717) is 17.1 Å². The van der Waals surface area contributed by atoms with Crippen LogP contribution in [0, 0.1) is 5.82 Å². The summed E-state index contributed by atoms with van der Waals surface area (Å²) < 4.78 is 24.2. The van der Waals surface area contributed by atoms with Gasteiger partial charge in [-0.15, -0.1) is 0 Å². The van der Waals surface area contributed by atoms with Gasteiger partial charge in [0.25, 0.3) is 5.91 Å². The number of carbonyl (C=O) groups is 1. The van der Waals surface area contributed by atoms with Crippen LogP contribution < -0.4 is 10.1 Å². The average Bonchev–Trinajstić information content (AvgIpc) is 3.12. The van der Waals surface area contributed by atoms with Crippen molar-refractivity contribution >= 4 is 5.91 Å². The number of halogens is 1. The van der Waals surface area contributed by atoms with E-state index < -0.39 is 17.8 Å². The number of hydrogen-bond acceptors (Lipinski definition) is 5. The van der Waals surface area contributed by atoms with Crippen LogP contribution in [0.1, 0.15) is 29.2 Å². The minimum Gasteiger partial charge on any atom is -0.496 e. The Bertz CT molecular complexity index is 895. The van der Waals surface area contributed by atoms with E-state index in [2.05, 4.69) is 15.5 Å². The Morgan fingerprint density at radius 3 is 2.68 bits per heavy atom. The van der Waals surface area contributed by atoms with E-state index in [4.69, 9.17) is 9.26 Å². The molecule has 128 valence electrons. The van der Waals surface area contributed by atoms with Gasteiger partial charge in [0, 0.05) is 0 Å². The summed E-state index contributed by atoms with van der Waals surface area (Å²) in [5, 5.41) is 6.56. The Balaban J connectivity index is 1.78. The Hall–Kier alpha value is -3.22. The minimum absolute atomic E-state index is 0.0428. The predicted octanol–water partition coefficient (Wildman–Crippen LogP) is 3.38. The topological polar surface area (TPSA) is 77.3 Å². The molecule has 1 heterocycles. The van der Waals surface area contributed by atoms with Crippen LogP contribution >= 0.6 is 0 Å². The number of carbonyl (C=O) groups excluding carboxylic acids is 1. The molecule has 1 aromatic heterocycles. The molecule has 0 saturated carbocycles. The summed E-state index contributed by atoms with van der Waals surface area (Å²) in [7, 11) is 1.55. The van der Waals surface area contributed by atoms with Crippen LogP contribution in [-0.2, 0) is 0 Å². The third kappa shape index (κ3) is 3.50. The number of aromatic nitrogens is 2. The Morgan fingerprint density at radius 1 is 1.20 bits per heavy atom. The molecule has 3 rings (SSSR count). The first-order chi connectivity index (χ1) is 12.1. The second-order valence-electron chi connectivity index (χ2n) is 5.33. The Labute approximate surface area is 143 Å². The van der Waals surface area contributed by atoms with Gasteiger partial charge in [-0.05, 0) is 31.2 Å². The maximum absolute atomic E-state index is 13.7. The van der Waals surface area contributed by atoms with E-state index in [0.717, 1.165) is 0 Å². The van der Waals surface area contributed by atoms with E-state index >= 15 is 0 Å². The van der Waals surface area contributed by atoms with Crippen LogP contribution in [0.15, 0.2) is 53.1 Å². The van der Waals surface area contributed by atoms with Crippen LogP contribution in [0.4, 0.5) is 4.39 Å². The number of methoxy groups -OCH3 is 1. The number of rotatable bonds is 5.